The van der Waals surface area contributed by atoms with Crippen LogP contribution in [-0.2, 0) is 6.61 Å². The van der Waals surface area contributed by atoms with Crippen LogP contribution in [0.1, 0.15) is 15.9 Å². The fourth-order valence-electron chi connectivity index (χ4n) is 1.68. The van der Waals surface area contributed by atoms with E-state index >= 15 is 0 Å². The van der Waals surface area contributed by atoms with E-state index in [2.05, 4.69) is 0 Å². The average Bonchev–Trinajstić information content (AvgIpc) is 2.46. The van der Waals surface area contributed by atoms with Gasteiger partial charge in [0.25, 0.3) is 0 Å². The van der Waals surface area contributed by atoms with Gasteiger partial charge >= 0.3 is 0 Å². The topological polar surface area (TPSA) is 35.5 Å². The quantitative estimate of drug-likeness (QED) is 0.774. The Kier molecular flexibility index (Phi) is 4.13. The molecule has 0 atom stereocenters. The molecule has 0 aliphatic rings. The van der Waals surface area contributed by atoms with E-state index < -0.39 is 5.82 Å². The maximum atomic E-state index is 13.8. The van der Waals surface area contributed by atoms with Gasteiger partial charge in [0.05, 0.1) is 12.7 Å². The summed E-state index contributed by atoms with van der Waals surface area (Å²) in [6.07, 6.45) is 0.429. The summed E-state index contributed by atoms with van der Waals surface area (Å²) < 4.78 is 24.1. The highest BCUT2D eigenvalue weighted by molar-refractivity contribution is 5.80. The van der Waals surface area contributed by atoms with Crippen LogP contribution in [0.5, 0.6) is 11.5 Å². The summed E-state index contributed by atoms with van der Waals surface area (Å²) >= 11 is 0. The van der Waals surface area contributed by atoms with E-state index in [0.717, 1.165) is 5.56 Å². The minimum Gasteiger partial charge on any atom is -0.494 e. The Balaban J connectivity index is 2.21. The highest BCUT2D eigenvalue weighted by Crippen LogP contribution is 2.28. The Bertz CT molecular complexity index is 567. The van der Waals surface area contributed by atoms with Gasteiger partial charge in [-0.2, -0.15) is 0 Å². The molecule has 0 aromatic heterocycles. The van der Waals surface area contributed by atoms with Crippen molar-refractivity contribution in [2.24, 2.45) is 0 Å². The van der Waals surface area contributed by atoms with Gasteiger partial charge in [-0.25, -0.2) is 4.39 Å². The van der Waals surface area contributed by atoms with Gasteiger partial charge in [0.15, 0.2) is 17.9 Å². The highest BCUT2D eigenvalue weighted by Gasteiger charge is 2.14. The molecular formula is C15H13FO3. The minimum atomic E-state index is -0.705. The number of rotatable bonds is 5. The predicted octanol–water partition coefficient (Wildman–Crippen LogP) is 3.23. The second kappa shape index (κ2) is 6.00. The van der Waals surface area contributed by atoms with Crippen molar-refractivity contribution >= 4 is 6.29 Å². The van der Waals surface area contributed by atoms with Crippen molar-refractivity contribution in [2.75, 3.05) is 7.11 Å². The Labute approximate surface area is 110 Å². The number of hydrogen-bond acceptors (Lipinski definition) is 3. The number of aldehydes is 1. The second-order valence-electron chi connectivity index (χ2n) is 3.89. The second-order valence-corrected chi connectivity index (χ2v) is 3.89. The summed E-state index contributed by atoms with van der Waals surface area (Å²) in [6.45, 7) is 0.271. The zero-order chi connectivity index (χ0) is 13.7. The van der Waals surface area contributed by atoms with Crippen molar-refractivity contribution in [3.8, 4) is 11.5 Å². The van der Waals surface area contributed by atoms with Gasteiger partial charge in [-0.05, 0) is 17.7 Å². The van der Waals surface area contributed by atoms with E-state index in [1.54, 1.807) is 0 Å². The maximum absolute atomic E-state index is 13.8. The van der Waals surface area contributed by atoms with E-state index in [4.69, 9.17) is 9.47 Å². The van der Waals surface area contributed by atoms with Crippen molar-refractivity contribution in [3.05, 3.63) is 59.4 Å². The number of halogens is 1. The van der Waals surface area contributed by atoms with Crippen LogP contribution in [0.2, 0.25) is 0 Å². The fraction of sp³-hybridized carbons (Fsp3) is 0.133. The highest BCUT2D eigenvalue weighted by atomic mass is 19.1. The zero-order valence-electron chi connectivity index (χ0n) is 10.4. The summed E-state index contributed by atoms with van der Waals surface area (Å²) in [7, 11) is 1.34. The molecule has 0 bridgehead atoms. The third-order valence-electron chi connectivity index (χ3n) is 2.68. The van der Waals surface area contributed by atoms with E-state index in [0.29, 0.717) is 6.29 Å². The molecule has 0 saturated heterocycles. The molecule has 0 amide bonds. The van der Waals surface area contributed by atoms with Crippen LogP contribution >= 0.6 is 0 Å². The number of methoxy groups -OCH3 is 1. The van der Waals surface area contributed by atoms with Crippen LogP contribution < -0.4 is 9.47 Å². The first-order valence-electron chi connectivity index (χ1n) is 5.74. The van der Waals surface area contributed by atoms with Crippen molar-refractivity contribution < 1.29 is 18.7 Å². The molecule has 0 saturated carbocycles. The van der Waals surface area contributed by atoms with E-state index in [1.807, 2.05) is 30.3 Å². The number of carbonyl (C=O) groups excluding carboxylic acids is 1. The first-order valence-corrected chi connectivity index (χ1v) is 5.74. The normalized spacial score (nSPS) is 10.0. The van der Waals surface area contributed by atoms with Crippen LogP contribution in [0.25, 0.3) is 0 Å². The van der Waals surface area contributed by atoms with Gasteiger partial charge in [0, 0.05) is 0 Å². The third kappa shape index (κ3) is 2.91. The van der Waals surface area contributed by atoms with Gasteiger partial charge in [0.1, 0.15) is 12.4 Å². The van der Waals surface area contributed by atoms with Crippen molar-refractivity contribution in [3.63, 3.8) is 0 Å². The van der Waals surface area contributed by atoms with Gasteiger partial charge < -0.3 is 9.47 Å². The first kappa shape index (κ1) is 13.1. The molecule has 2 aromatic rings. The Hall–Kier alpha value is -2.36. The van der Waals surface area contributed by atoms with Crippen LogP contribution in [0.15, 0.2) is 42.5 Å². The molecule has 0 aliphatic carbocycles. The third-order valence-corrected chi connectivity index (χ3v) is 2.68. The smallest absolute Gasteiger partial charge is 0.179 e. The Morgan fingerprint density at radius 1 is 1.11 bits per heavy atom. The van der Waals surface area contributed by atoms with Crippen LogP contribution in [0, 0.1) is 5.82 Å². The zero-order valence-corrected chi connectivity index (χ0v) is 10.4. The Morgan fingerprint density at radius 3 is 2.42 bits per heavy atom. The Morgan fingerprint density at radius 2 is 1.79 bits per heavy atom. The lowest BCUT2D eigenvalue weighted by Crippen LogP contribution is -2.01. The molecule has 0 N–H and O–H groups in total. The molecule has 0 aliphatic heterocycles. The lowest BCUT2D eigenvalue weighted by atomic mass is 10.2. The molecule has 2 aromatic carbocycles. The van der Waals surface area contributed by atoms with Gasteiger partial charge in [-0.15, -0.1) is 0 Å². The van der Waals surface area contributed by atoms with Crippen LogP contribution in [0.3, 0.4) is 0 Å². The van der Waals surface area contributed by atoms with E-state index in [1.165, 1.54) is 19.2 Å². The van der Waals surface area contributed by atoms with Crippen LogP contribution in [-0.4, -0.2) is 13.4 Å². The van der Waals surface area contributed by atoms with E-state index in [-0.39, 0.29) is 23.7 Å². The predicted molar refractivity (Wildman–Crippen MR) is 69.1 cm³/mol. The van der Waals surface area contributed by atoms with Crippen molar-refractivity contribution in [2.45, 2.75) is 6.61 Å². The number of hydrogen-bond donors (Lipinski definition) is 0. The molecule has 19 heavy (non-hydrogen) atoms. The molecule has 4 heteroatoms. The summed E-state index contributed by atoms with van der Waals surface area (Å²) in [4.78, 5) is 11.0. The summed E-state index contributed by atoms with van der Waals surface area (Å²) in [5, 5.41) is 0. The van der Waals surface area contributed by atoms with Gasteiger partial charge in [0.2, 0.25) is 0 Å². The lowest BCUT2D eigenvalue weighted by Gasteiger charge is -2.11. The molecule has 0 spiro atoms. The largest absolute Gasteiger partial charge is 0.494 e. The molecule has 2 rings (SSSR count). The molecule has 98 valence electrons. The standard InChI is InChI=1S/C15H13FO3/c1-18-14-8-7-13(12(9-17)15(14)16)19-10-11-5-3-2-4-6-11/h2-9H,10H2,1H3. The molecule has 0 heterocycles. The van der Waals surface area contributed by atoms with Crippen molar-refractivity contribution in [1.82, 2.24) is 0 Å². The molecule has 0 unspecified atom stereocenters. The maximum Gasteiger partial charge on any atom is 0.179 e. The van der Waals surface area contributed by atoms with E-state index in [9.17, 15) is 9.18 Å². The average molecular weight is 260 g/mol. The van der Waals surface area contributed by atoms with Crippen molar-refractivity contribution in [1.29, 1.82) is 0 Å². The first-order chi connectivity index (χ1) is 9.26. The van der Waals surface area contributed by atoms with Gasteiger partial charge in [-0.3, -0.25) is 4.79 Å². The van der Waals surface area contributed by atoms with Crippen LogP contribution in [0.4, 0.5) is 4.39 Å². The summed E-state index contributed by atoms with van der Waals surface area (Å²) in [6, 6.07) is 12.4. The lowest BCUT2D eigenvalue weighted by molar-refractivity contribution is 0.111. The molecule has 3 nitrogen and oxygen atoms in total. The SMILES string of the molecule is COc1ccc(OCc2ccccc2)c(C=O)c1F. The minimum absolute atomic E-state index is 0.0224. The number of carbonyl (C=O) groups is 1. The monoisotopic (exact) mass is 260 g/mol. The fourth-order valence-corrected chi connectivity index (χ4v) is 1.68. The number of ether oxygens (including phenoxy) is 2. The summed E-state index contributed by atoms with van der Waals surface area (Å²) in [5.74, 6) is -0.477. The number of benzene rings is 2. The molecule has 0 radical (unpaired) electrons. The molecule has 0 fully saturated rings. The molecular weight excluding hydrogens is 247 g/mol. The summed E-state index contributed by atoms with van der Waals surface area (Å²) in [5.41, 5.74) is 0.811. The van der Waals surface area contributed by atoms with Gasteiger partial charge in [-0.1, -0.05) is 30.3 Å².